The molecule has 0 radical (unpaired) electrons. The van der Waals surface area contributed by atoms with Crippen LogP contribution in [0.4, 0.5) is 22.0 Å². The van der Waals surface area contributed by atoms with Gasteiger partial charge in [-0.05, 0) is 12.8 Å². The van der Waals surface area contributed by atoms with Crippen LogP contribution in [-0.4, -0.2) is 24.4 Å². The zero-order valence-electron chi connectivity index (χ0n) is 11.6. The number of unbranched alkanes of at least 4 members (excludes halogenated alkanes) is 7. The van der Waals surface area contributed by atoms with Gasteiger partial charge in [-0.25, -0.2) is 8.42 Å². The van der Waals surface area contributed by atoms with Crippen molar-refractivity contribution in [3.8, 4) is 0 Å². The second-order valence-electron chi connectivity index (χ2n) is 5.04. The van der Waals surface area contributed by atoms with Crippen LogP contribution in [0.1, 0.15) is 64.2 Å². The van der Waals surface area contributed by atoms with Crippen molar-refractivity contribution >= 4 is 10.1 Å². The van der Waals surface area contributed by atoms with Crippen LogP contribution < -0.4 is 0 Å². The average molecular weight is 339 g/mol. The summed E-state index contributed by atoms with van der Waals surface area (Å²) in [6.45, 7) is 0. The molecule has 0 saturated heterocycles. The fraction of sp³-hybridized carbons (Fsp3) is 1.00. The highest BCUT2D eigenvalue weighted by Crippen LogP contribution is 2.27. The molecule has 0 aromatic carbocycles. The normalized spacial score (nSPS) is 13.6. The molecule has 0 aliphatic heterocycles. The molecule has 0 amide bonds. The zero-order chi connectivity index (χ0) is 16.6. The van der Waals surface area contributed by atoms with Crippen LogP contribution in [0.5, 0.6) is 0 Å². The summed E-state index contributed by atoms with van der Waals surface area (Å²) >= 11 is 0. The van der Waals surface area contributed by atoms with Gasteiger partial charge in [-0.2, -0.15) is 22.0 Å². The lowest BCUT2D eigenvalue weighted by atomic mass is 10.1. The van der Waals surface area contributed by atoms with Gasteiger partial charge in [0.25, 0.3) is 0 Å². The summed E-state index contributed by atoms with van der Waals surface area (Å²) in [7, 11) is -5.60. The lowest BCUT2D eigenvalue weighted by Gasteiger charge is -2.19. The maximum absolute atomic E-state index is 12.7. The largest absolute Gasteiger partial charge is 0.743 e. The minimum Gasteiger partial charge on any atom is -0.743 e. The summed E-state index contributed by atoms with van der Waals surface area (Å²) in [6.07, 6.45) is -2.35. The van der Waals surface area contributed by atoms with E-state index in [1.54, 1.807) is 0 Å². The predicted octanol–water partition coefficient (Wildman–Crippen LogP) is 4.59. The molecule has 0 rings (SSSR count). The van der Waals surface area contributed by atoms with Crippen LogP contribution in [0.15, 0.2) is 0 Å². The molecular weight excluding hydrogens is 319 g/mol. The van der Waals surface area contributed by atoms with E-state index in [0.717, 1.165) is 0 Å². The molecule has 0 aromatic rings. The fourth-order valence-corrected chi connectivity index (χ4v) is 2.24. The van der Waals surface area contributed by atoms with Crippen molar-refractivity contribution in [1.29, 1.82) is 0 Å². The van der Waals surface area contributed by atoms with Crippen LogP contribution in [0.2, 0.25) is 0 Å². The standard InChI is InChI=1S/C12H21F5O3S/c13-11(14,15)9-7-5-3-1-2-4-6-8-10-12(16,17)21(18,19)20/h1-10H2,(H,18,19,20)/p-1. The van der Waals surface area contributed by atoms with E-state index in [1.807, 2.05) is 0 Å². The highest BCUT2D eigenvalue weighted by molar-refractivity contribution is 7.86. The molecule has 3 nitrogen and oxygen atoms in total. The molecule has 0 unspecified atom stereocenters. The molecule has 21 heavy (non-hydrogen) atoms. The molecule has 0 spiro atoms. The van der Waals surface area contributed by atoms with Crippen LogP contribution in [0.25, 0.3) is 0 Å². The maximum atomic E-state index is 12.7. The number of hydrogen-bond donors (Lipinski definition) is 0. The van der Waals surface area contributed by atoms with E-state index in [1.165, 1.54) is 0 Å². The van der Waals surface area contributed by atoms with Gasteiger partial charge in [0.1, 0.15) is 0 Å². The number of rotatable bonds is 11. The molecule has 0 heterocycles. The lowest BCUT2D eigenvalue weighted by Crippen LogP contribution is -2.28. The predicted molar refractivity (Wildman–Crippen MR) is 66.9 cm³/mol. The van der Waals surface area contributed by atoms with Crippen molar-refractivity contribution in [2.75, 3.05) is 0 Å². The van der Waals surface area contributed by atoms with Crippen molar-refractivity contribution in [3.05, 3.63) is 0 Å². The average Bonchev–Trinajstić information content (AvgIpc) is 2.28. The first-order chi connectivity index (χ1) is 9.46. The Hall–Kier alpha value is -0.440. The van der Waals surface area contributed by atoms with Crippen molar-refractivity contribution < 1.29 is 34.9 Å². The molecule has 128 valence electrons. The summed E-state index contributed by atoms with van der Waals surface area (Å²) in [5.41, 5.74) is 0. The van der Waals surface area contributed by atoms with Gasteiger partial charge in [0.15, 0.2) is 10.1 Å². The maximum Gasteiger partial charge on any atom is 0.389 e. The second-order valence-corrected chi connectivity index (χ2v) is 6.54. The number of alkyl halides is 5. The monoisotopic (exact) mass is 339 g/mol. The van der Waals surface area contributed by atoms with Gasteiger partial charge in [-0.3, -0.25) is 0 Å². The number of halogens is 5. The molecule has 0 bridgehead atoms. The highest BCUT2D eigenvalue weighted by Gasteiger charge is 2.36. The first-order valence-corrected chi connectivity index (χ1v) is 8.26. The van der Waals surface area contributed by atoms with Crippen LogP contribution in [0, 0.1) is 0 Å². The van der Waals surface area contributed by atoms with Gasteiger partial charge >= 0.3 is 11.4 Å². The zero-order valence-corrected chi connectivity index (χ0v) is 12.4. The van der Waals surface area contributed by atoms with Gasteiger partial charge in [0.05, 0.1) is 0 Å². The molecule has 0 aliphatic carbocycles. The Kier molecular flexibility index (Phi) is 8.69. The third-order valence-electron chi connectivity index (χ3n) is 3.04. The lowest BCUT2D eigenvalue weighted by molar-refractivity contribution is -0.135. The van der Waals surface area contributed by atoms with Gasteiger partial charge in [0.2, 0.25) is 0 Å². The van der Waals surface area contributed by atoms with E-state index in [9.17, 15) is 34.9 Å². The first kappa shape index (κ1) is 20.6. The van der Waals surface area contributed by atoms with E-state index in [0.29, 0.717) is 38.5 Å². The van der Waals surface area contributed by atoms with E-state index in [4.69, 9.17) is 0 Å². The van der Waals surface area contributed by atoms with Gasteiger partial charge < -0.3 is 4.55 Å². The first-order valence-electron chi connectivity index (χ1n) is 6.86. The van der Waals surface area contributed by atoms with Crippen molar-refractivity contribution in [2.24, 2.45) is 0 Å². The Morgan fingerprint density at radius 3 is 1.33 bits per heavy atom. The Morgan fingerprint density at radius 1 is 0.667 bits per heavy atom. The molecule has 0 atom stereocenters. The molecule has 9 heteroatoms. The van der Waals surface area contributed by atoms with Crippen LogP contribution in [-0.2, 0) is 10.1 Å². The van der Waals surface area contributed by atoms with Gasteiger partial charge in [-0.15, -0.1) is 0 Å². The van der Waals surface area contributed by atoms with Gasteiger partial charge in [-0.1, -0.05) is 38.5 Å². The topological polar surface area (TPSA) is 57.2 Å². The summed E-state index contributed by atoms with van der Waals surface area (Å²) in [4.78, 5) is 0. The van der Waals surface area contributed by atoms with E-state index >= 15 is 0 Å². The highest BCUT2D eigenvalue weighted by atomic mass is 32.2. The number of hydrogen-bond acceptors (Lipinski definition) is 3. The summed E-state index contributed by atoms with van der Waals surface area (Å²) < 4.78 is 91.6. The molecule has 0 saturated carbocycles. The van der Waals surface area contributed by atoms with E-state index < -0.39 is 34.4 Å². The summed E-state index contributed by atoms with van der Waals surface area (Å²) in [5.74, 6) is 0. The second kappa shape index (κ2) is 8.87. The minimum absolute atomic E-state index is 0.0669. The Balaban J connectivity index is 3.46. The molecule has 0 fully saturated rings. The third kappa shape index (κ3) is 10.9. The summed E-state index contributed by atoms with van der Waals surface area (Å²) in [6, 6.07) is 0. The van der Waals surface area contributed by atoms with Crippen molar-refractivity contribution in [1.82, 2.24) is 0 Å². The quantitative estimate of drug-likeness (QED) is 0.314. The fourth-order valence-electron chi connectivity index (χ4n) is 1.84. The van der Waals surface area contributed by atoms with Gasteiger partial charge in [0, 0.05) is 12.8 Å². The Morgan fingerprint density at radius 2 is 1.00 bits per heavy atom. The van der Waals surface area contributed by atoms with E-state index in [2.05, 4.69) is 0 Å². The van der Waals surface area contributed by atoms with Crippen LogP contribution in [0.3, 0.4) is 0 Å². The van der Waals surface area contributed by atoms with E-state index in [-0.39, 0.29) is 12.8 Å². The SMILES string of the molecule is O=S(=O)([O-])C(F)(F)CCCCCCCCCCC(F)(F)F. The Labute approximate surface area is 121 Å². The smallest absolute Gasteiger partial charge is 0.389 e. The van der Waals surface area contributed by atoms with Crippen molar-refractivity contribution in [2.45, 2.75) is 75.6 Å². The van der Waals surface area contributed by atoms with Crippen molar-refractivity contribution in [3.63, 3.8) is 0 Å². The molecule has 0 N–H and O–H groups in total. The molecule has 0 aliphatic rings. The summed E-state index contributed by atoms with van der Waals surface area (Å²) in [5, 5.41) is -4.22. The molecular formula is C12H20F5O3S-. The minimum atomic E-state index is -5.60. The molecule has 0 aromatic heterocycles. The third-order valence-corrected chi connectivity index (χ3v) is 3.98. The van der Waals surface area contributed by atoms with Crippen LogP contribution >= 0.6 is 0 Å². The Bertz CT molecular complexity index is 379.